The molecular formula is C54H50. The fraction of sp³-hybridized carbons (Fsp3) is 0.259. The summed E-state index contributed by atoms with van der Waals surface area (Å²) >= 11 is 0. The second kappa shape index (κ2) is 12.7. The van der Waals surface area contributed by atoms with Crippen molar-refractivity contribution in [2.75, 3.05) is 0 Å². The van der Waals surface area contributed by atoms with Crippen molar-refractivity contribution >= 4 is 16.7 Å². The van der Waals surface area contributed by atoms with Crippen molar-refractivity contribution in [2.24, 2.45) is 17.8 Å². The summed E-state index contributed by atoms with van der Waals surface area (Å²) in [7, 11) is 0. The summed E-state index contributed by atoms with van der Waals surface area (Å²) in [5.74, 6) is 1.41. The van der Waals surface area contributed by atoms with E-state index in [4.69, 9.17) is 0 Å². The molecule has 0 amide bonds. The number of hydrogen-bond acceptors (Lipinski definition) is 0. The molecule has 0 fully saturated rings. The molecule has 0 saturated carbocycles. The second-order valence-corrected chi connectivity index (χ2v) is 16.9. The first-order chi connectivity index (χ1) is 26.3. The fourth-order valence-corrected chi connectivity index (χ4v) is 11.0. The Bertz CT molecular complexity index is 2530. The van der Waals surface area contributed by atoms with Crippen LogP contribution in [0.5, 0.6) is 0 Å². The highest BCUT2D eigenvalue weighted by atomic mass is 14.6. The average molecular weight is 699 g/mol. The molecule has 4 aromatic carbocycles. The van der Waals surface area contributed by atoms with E-state index in [1.165, 1.54) is 94.6 Å². The number of hydrogen-bond donors (Lipinski definition) is 0. The van der Waals surface area contributed by atoms with Crippen molar-refractivity contribution in [3.63, 3.8) is 0 Å². The van der Waals surface area contributed by atoms with E-state index < -0.39 is 5.41 Å². The Kier molecular flexibility index (Phi) is 7.85. The molecule has 0 heterocycles. The van der Waals surface area contributed by atoms with Crippen LogP contribution in [-0.4, -0.2) is 0 Å². The smallest absolute Gasteiger partial charge is 0.0723 e. The van der Waals surface area contributed by atoms with Gasteiger partial charge in [-0.15, -0.1) is 0 Å². The van der Waals surface area contributed by atoms with Crippen LogP contribution in [0, 0.1) is 24.7 Å². The number of aryl methyl sites for hydroxylation is 1. The SMILES string of the molecule is CC1=C(c2ccc3c(c2)C2(C4=C3C(C)CC(C3=CC=CCC3C)=C4)c3cc(C4=CC=CCC4C)ccc3-c3ccc(-c4ccccc4C)cc32)CCC=C1. The molecule has 0 N–H and O–H groups in total. The van der Waals surface area contributed by atoms with Crippen LogP contribution in [0.25, 0.3) is 39.0 Å². The van der Waals surface area contributed by atoms with Crippen molar-refractivity contribution in [1.29, 1.82) is 0 Å². The quantitative estimate of drug-likeness (QED) is 0.199. The summed E-state index contributed by atoms with van der Waals surface area (Å²) in [6, 6.07) is 31.4. The molecule has 0 heteroatoms. The van der Waals surface area contributed by atoms with Crippen molar-refractivity contribution in [1.82, 2.24) is 0 Å². The lowest BCUT2D eigenvalue weighted by atomic mass is 9.66. The molecule has 6 aliphatic carbocycles. The van der Waals surface area contributed by atoms with E-state index >= 15 is 0 Å². The molecule has 4 aromatic rings. The fourth-order valence-electron chi connectivity index (χ4n) is 11.0. The number of benzene rings is 4. The van der Waals surface area contributed by atoms with E-state index in [2.05, 4.69) is 168 Å². The lowest BCUT2D eigenvalue weighted by Crippen LogP contribution is -2.28. The van der Waals surface area contributed by atoms with Gasteiger partial charge in [-0.2, -0.15) is 0 Å². The molecule has 10 rings (SSSR count). The molecular weight excluding hydrogens is 649 g/mol. The third-order valence-corrected chi connectivity index (χ3v) is 13.7. The van der Waals surface area contributed by atoms with Gasteiger partial charge in [-0.05, 0) is 182 Å². The van der Waals surface area contributed by atoms with Gasteiger partial charge in [-0.25, -0.2) is 0 Å². The van der Waals surface area contributed by atoms with Gasteiger partial charge in [0, 0.05) is 0 Å². The van der Waals surface area contributed by atoms with Crippen LogP contribution in [0.2, 0.25) is 0 Å². The molecule has 1 spiro atoms. The van der Waals surface area contributed by atoms with Crippen LogP contribution in [0.15, 0.2) is 156 Å². The summed E-state index contributed by atoms with van der Waals surface area (Å²) in [5, 5.41) is 0. The van der Waals surface area contributed by atoms with Crippen molar-refractivity contribution in [2.45, 2.75) is 72.1 Å². The first-order valence-electron chi connectivity index (χ1n) is 20.4. The molecule has 0 nitrogen and oxygen atoms in total. The zero-order valence-electron chi connectivity index (χ0n) is 32.5. The molecule has 0 aromatic heterocycles. The van der Waals surface area contributed by atoms with Crippen LogP contribution in [-0.2, 0) is 5.41 Å². The van der Waals surface area contributed by atoms with Gasteiger partial charge in [-0.1, -0.05) is 136 Å². The predicted molar refractivity (Wildman–Crippen MR) is 230 cm³/mol. The van der Waals surface area contributed by atoms with E-state index in [1.54, 1.807) is 5.57 Å². The van der Waals surface area contributed by atoms with E-state index in [0.717, 1.165) is 32.1 Å². The van der Waals surface area contributed by atoms with Crippen LogP contribution in [0.4, 0.5) is 0 Å². The molecule has 0 bridgehead atoms. The minimum atomic E-state index is -0.429. The third-order valence-electron chi connectivity index (χ3n) is 13.7. The Morgan fingerprint density at radius 1 is 0.593 bits per heavy atom. The van der Waals surface area contributed by atoms with Gasteiger partial charge < -0.3 is 0 Å². The van der Waals surface area contributed by atoms with Gasteiger partial charge in [0.15, 0.2) is 0 Å². The van der Waals surface area contributed by atoms with Crippen molar-refractivity contribution < 1.29 is 0 Å². The van der Waals surface area contributed by atoms with Gasteiger partial charge >= 0.3 is 0 Å². The summed E-state index contributed by atoms with van der Waals surface area (Å²) in [6.45, 7) is 11.9. The predicted octanol–water partition coefficient (Wildman–Crippen LogP) is 14.3. The van der Waals surface area contributed by atoms with Crippen LogP contribution < -0.4 is 0 Å². The third kappa shape index (κ3) is 4.88. The molecule has 6 aliphatic rings. The Labute approximate surface area is 322 Å². The van der Waals surface area contributed by atoms with Gasteiger partial charge in [-0.3, -0.25) is 0 Å². The monoisotopic (exact) mass is 698 g/mol. The Hall–Kier alpha value is -5.20. The summed E-state index contributed by atoms with van der Waals surface area (Å²) in [4.78, 5) is 0. The van der Waals surface area contributed by atoms with Crippen LogP contribution in [0.1, 0.15) is 98.7 Å². The van der Waals surface area contributed by atoms with Gasteiger partial charge in [0.25, 0.3) is 0 Å². The lowest BCUT2D eigenvalue weighted by molar-refractivity contribution is 0.649. The van der Waals surface area contributed by atoms with Crippen molar-refractivity contribution in [3.8, 4) is 22.3 Å². The first kappa shape index (κ1) is 33.4. The zero-order chi connectivity index (χ0) is 36.7. The standard InChI is InChI=1S/C54H50/c1-33-14-6-10-18-42(33)38-22-25-46-47-26-23-39(43-19-11-7-15-34(43)2)30-50(47)54(49(46)29-38)51-31-40(44-20-12-8-16-35(44)3)24-27-48(51)53-37(5)28-41(32-52(53)54)45-21-13-9-17-36(45)4/h6-11,13-14,16,18-19,21-27,29-32,34,36-37H,12,15,17,20,28H2,1-5H3. The Balaban J connectivity index is 1.32. The molecule has 0 aliphatic heterocycles. The summed E-state index contributed by atoms with van der Waals surface area (Å²) in [6.07, 6.45) is 26.8. The van der Waals surface area contributed by atoms with E-state index in [0.29, 0.717) is 17.8 Å². The molecule has 0 radical (unpaired) electrons. The topological polar surface area (TPSA) is 0 Å². The first-order valence-corrected chi connectivity index (χ1v) is 20.4. The summed E-state index contributed by atoms with van der Waals surface area (Å²) in [5.41, 5.74) is 25.3. The number of fused-ring (bicyclic) bond motifs is 9. The van der Waals surface area contributed by atoms with Gasteiger partial charge in [0.1, 0.15) is 0 Å². The maximum absolute atomic E-state index is 2.68. The van der Waals surface area contributed by atoms with Crippen LogP contribution in [0.3, 0.4) is 0 Å². The minimum absolute atomic E-state index is 0.406. The van der Waals surface area contributed by atoms with Gasteiger partial charge in [0.05, 0.1) is 5.41 Å². The average Bonchev–Trinajstić information content (AvgIpc) is 3.65. The normalized spacial score (nSPS) is 25.0. The van der Waals surface area contributed by atoms with Crippen molar-refractivity contribution in [3.05, 3.63) is 195 Å². The van der Waals surface area contributed by atoms with E-state index in [-0.39, 0.29) is 0 Å². The molecule has 4 atom stereocenters. The maximum Gasteiger partial charge on any atom is 0.0723 e. The largest absolute Gasteiger partial charge is 0.0839 e. The minimum Gasteiger partial charge on any atom is -0.0839 e. The van der Waals surface area contributed by atoms with Crippen LogP contribution >= 0.6 is 0 Å². The molecule has 0 saturated heterocycles. The lowest BCUT2D eigenvalue weighted by Gasteiger charge is -2.35. The second-order valence-electron chi connectivity index (χ2n) is 16.9. The number of rotatable bonds is 4. The maximum atomic E-state index is 2.68. The van der Waals surface area contributed by atoms with E-state index in [9.17, 15) is 0 Å². The Morgan fingerprint density at radius 2 is 1.22 bits per heavy atom. The highest BCUT2D eigenvalue weighted by molar-refractivity contribution is 5.99. The van der Waals surface area contributed by atoms with Gasteiger partial charge in [0.2, 0.25) is 0 Å². The Morgan fingerprint density at radius 3 is 1.94 bits per heavy atom. The summed E-state index contributed by atoms with van der Waals surface area (Å²) < 4.78 is 0. The molecule has 266 valence electrons. The van der Waals surface area contributed by atoms with E-state index in [1.807, 2.05) is 0 Å². The number of allylic oxidation sites excluding steroid dienone is 16. The highest BCUT2D eigenvalue weighted by Gasteiger charge is 2.54. The molecule has 54 heavy (non-hydrogen) atoms. The zero-order valence-corrected chi connectivity index (χ0v) is 32.5. The highest BCUT2D eigenvalue weighted by Crippen LogP contribution is 2.66. The molecule has 4 unspecified atom stereocenters.